The van der Waals surface area contributed by atoms with Gasteiger partial charge in [0.2, 0.25) is 5.91 Å². The van der Waals surface area contributed by atoms with Gasteiger partial charge in [0.1, 0.15) is 5.69 Å². The average Bonchev–Trinajstić information content (AvgIpc) is 3.20. The number of para-hydroxylation sites is 1. The van der Waals surface area contributed by atoms with Crippen molar-refractivity contribution in [2.45, 2.75) is 38.0 Å². The van der Waals surface area contributed by atoms with Crippen LogP contribution in [0.25, 0.3) is 0 Å². The molecular formula is C19H22N4O2. The maximum atomic E-state index is 12.4. The fraction of sp³-hybridized carbons (Fsp3) is 0.421. The van der Waals surface area contributed by atoms with Gasteiger partial charge in [-0.15, -0.1) is 0 Å². The van der Waals surface area contributed by atoms with Crippen LogP contribution in [0, 0.1) is 0 Å². The third kappa shape index (κ3) is 3.43. The lowest BCUT2D eigenvalue weighted by Crippen LogP contribution is -2.30. The van der Waals surface area contributed by atoms with Crippen LogP contribution in [0.15, 0.2) is 30.3 Å². The summed E-state index contributed by atoms with van der Waals surface area (Å²) in [7, 11) is 0. The molecule has 25 heavy (non-hydrogen) atoms. The molecule has 1 fully saturated rings. The Bertz CT molecular complexity index is 794. The number of aromatic amines is 1. The molecule has 1 aromatic carbocycles. The molecule has 4 rings (SSSR count). The number of rotatable bonds is 6. The van der Waals surface area contributed by atoms with Crippen molar-refractivity contribution in [3.8, 4) is 0 Å². The van der Waals surface area contributed by atoms with E-state index in [9.17, 15) is 9.59 Å². The lowest BCUT2D eigenvalue weighted by Gasteiger charge is -2.17. The Morgan fingerprint density at radius 1 is 1.28 bits per heavy atom. The van der Waals surface area contributed by atoms with E-state index in [-0.39, 0.29) is 11.8 Å². The van der Waals surface area contributed by atoms with Crippen LogP contribution in [0.2, 0.25) is 0 Å². The van der Waals surface area contributed by atoms with E-state index in [1.807, 2.05) is 29.2 Å². The van der Waals surface area contributed by atoms with Gasteiger partial charge in [-0.1, -0.05) is 18.2 Å². The van der Waals surface area contributed by atoms with Crippen molar-refractivity contribution in [1.29, 1.82) is 0 Å². The van der Waals surface area contributed by atoms with Crippen LogP contribution in [0.1, 0.15) is 53.3 Å². The first-order chi connectivity index (χ1) is 12.2. The number of nitrogens with one attached hydrogen (secondary N) is 2. The molecule has 0 atom stereocenters. The Morgan fingerprint density at radius 3 is 2.96 bits per heavy atom. The Labute approximate surface area is 146 Å². The second-order valence-corrected chi connectivity index (χ2v) is 6.77. The Kier molecular flexibility index (Phi) is 4.26. The highest BCUT2D eigenvalue weighted by molar-refractivity contribution is 5.95. The molecular weight excluding hydrogens is 316 g/mol. The zero-order valence-corrected chi connectivity index (χ0v) is 14.1. The number of fused-ring (bicyclic) bond motifs is 1. The lowest BCUT2D eigenvalue weighted by atomic mass is 10.2. The monoisotopic (exact) mass is 338 g/mol. The molecule has 0 saturated heterocycles. The molecule has 0 radical (unpaired) electrons. The van der Waals surface area contributed by atoms with Crippen molar-refractivity contribution in [2.24, 2.45) is 0 Å². The van der Waals surface area contributed by atoms with Gasteiger partial charge in [-0.3, -0.25) is 14.7 Å². The molecule has 2 heterocycles. The van der Waals surface area contributed by atoms with Gasteiger partial charge in [-0.05, 0) is 43.4 Å². The number of H-pyrrole nitrogens is 1. The van der Waals surface area contributed by atoms with Gasteiger partial charge >= 0.3 is 0 Å². The first kappa shape index (κ1) is 15.9. The SMILES string of the molecule is O=C(NCCCC(=O)N1CCc2ccccc21)c1cc(C2CC2)[nH]n1. The van der Waals surface area contributed by atoms with E-state index < -0.39 is 0 Å². The zero-order valence-electron chi connectivity index (χ0n) is 14.1. The Hall–Kier alpha value is -2.63. The minimum absolute atomic E-state index is 0.120. The van der Waals surface area contributed by atoms with Crippen LogP contribution >= 0.6 is 0 Å². The van der Waals surface area contributed by atoms with Crippen LogP contribution in [-0.4, -0.2) is 35.1 Å². The second kappa shape index (κ2) is 6.70. The van der Waals surface area contributed by atoms with Crippen LogP contribution in [0.3, 0.4) is 0 Å². The minimum Gasteiger partial charge on any atom is -0.351 e. The number of hydrogen-bond acceptors (Lipinski definition) is 3. The van der Waals surface area contributed by atoms with Gasteiger partial charge in [0.25, 0.3) is 5.91 Å². The number of hydrogen-bond donors (Lipinski definition) is 2. The molecule has 0 spiro atoms. The normalized spacial score (nSPS) is 15.9. The van der Waals surface area contributed by atoms with Crippen molar-refractivity contribution in [3.63, 3.8) is 0 Å². The quantitative estimate of drug-likeness (QED) is 0.794. The lowest BCUT2D eigenvalue weighted by molar-refractivity contribution is -0.118. The first-order valence-electron chi connectivity index (χ1n) is 8.94. The van der Waals surface area contributed by atoms with Crippen LogP contribution < -0.4 is 10.2 Å². The first-order valence-corrected chi connectivity index (χ1v) is 8.94. The summed E-state index contributed by atoms with van der Waals surface area (Å²) >= 11 is 0. The summed E-state index contributed by atoms with van der Waals surface area (Å²) in [4.78, 5) is 26.3. The number of nitrogens with zero attached hydrogens (tertiary/aromatic N) is 2. The standard InChI is InChI=1S/C19H22N4O2/c24-18(23-11-9-14-4-1-2-5-17(14)23)6-3-10-20-19(25)16-12-15(21-22-16)13-7-8-13/h1-2,4-5,12-13H,3,6-11H2,(H,20,25)(H,21,22). The molecule has 2 amide bonds. The van der Waals surface area contributed by atoms with Crippen molar-refractivity contribution >= 4 is 17.5 Å². The number of aromatic nitrogens is 2. The number of carbonyl (C=O) groups is 2. The van der Waals surface area contributed by atoms with Crippen molar-refractivity contribution in [3.05, 3.63) is 47.3 Å². The molecule has 2 aromatic rings. The van der Waals surface area contributed by atoms with Gasteiger partial charge in [-0.25, -0.2) is 0 Å². The molecule has 2 N–H and O–H groups in total. The Morgan fingerprint density at radius 2 is 2.12 bits per heavy atom. The van der Waals surface area contributed by atoms with Crippen molar-refractivity contribution in [1.82, 2.24) is 15.5 Å². The molecule has 1 aliphatic heterocycles. The van der Waals surface area contributed by atoms with Crippen LogP contribution in [0.5, 0.6) is 0 Å². The van der Waals surface area contributed by atoms with E-state index in [1.165, 1.54) is 18.4 Å². The molecule has 6 heteroatoms. The number of benzene rings is 1. The molecule has 1 aliphatic carbocycles. The number of amides is 2. The van der Waals surface area contributed by atoms with Gasteiger partial charge in [0.15, 0.2) is 0 Å². The minimum atomic E-state index is -0.179. The van der Waals surface area contributed by atoms with Gasteiger partial charge in [0, 0.05) is 36.8 Å². The molecule has 1 aromatic heterocycles. The fourth-order valence-electron chi connectivity index (χ4n) is 3.32. The van der Waals surface area contributed by atoms with Crippen LogP contribution in [0.4, 0.5) is 5.69 Å². The highest BCUT2D eigenvalue weighted by Gasteiger charge is 2.26. The molecule has 0 unspecified atom stereocenters. The summed E-state index contributed by atoms with van der Waals surface area (Å²) in [5.74, 6) is 0.493. The van der Waals surface area contributed by atoms with E-state index in [0.717, 1.165) is 24.3 Å². The van der Waals surface area contributed by atoms with E-state index in [0.29, 0.717) is 31.0 Å². The summed E-state index contributed by atoms with van der Waals surface area (Å²) in [5.41, 5.74) is 3.74. The highest BCUT2D eigenvalue weighted by Crippen LogP contribution is 2.38. The maximum Gasteiger partial charge on any atom is 0.271 e. The molecule has 130 valence electrons. The average molecular weight is 338 g/mol. The van der Waals surface area contributed by atoms with Crippen molar-refractivity contribution in [2.75, 3.05) is 18.0 Å². The molecule has 6 nitrogen and oxygen atoms in total. The predicted octanol–water partition coefficient (Wildman–Crippen LogP) is 2.39. The Balaban J connectivity index is 1.22. The smallest absolute Gasteiger partial charge is 0.271 e. The summed E-state index contributed by atoms with van der Waals surface area (Å²) < 4.78 is 0. The molecule has 2 aliphatic rings. The summed E-state index contributed by atoms with van der Waals surface area (Å²) in [6, 6.07) is 9.87. The maximum absolute atomic E-state index is 12.4. The van der Waals surface area contributed by atoms with E-state index in [2.05, 4.69) is 21.6 Å². The zero-order chi connectivity index (χ0) is 17.2. The summed E-state index contributed by atoms with van der Waals surface area (Å²) in [6.07, 6.45) is 4.32. The highest BCUT2D eigenvalue weighted by atomic mass is 16.2. The van der Waals surface area contributed by atoms with Crippen molar-refractivity contribution < 1.29 is 9.59 Å². The van der Waals surface area contributed by atoms with Crippen LogP contribution in [-0.2, 0) is 11.2 Å². The topological polar surface area (TPSA) is 78.1 Å². The van der Waals surface area contributed by atoms with Gasteiger partial charge in [0.05, 0.1) is 0 Å². The van der Waals surface area contributed by atoms with E-state index in [1.54, 1.807) is 0 Å². The van der Waals surface area contributed by atoms with E-state index >= 15 is 0 Å². The number of carbonyl (C=O) groups excluding carboxylic acids is 2. The van der Waals surface area contributed by atoms with E-state index in [4.69, 9.17) is 0 Å². The second-order valence-electron chi connectivity index (χ2n) is 6.77. The predicted molar refractivity (Wildman–Crippen MR) is 94.6 cm³/mol. The van der Waals surface area contributed by atoms with Gasteiger partial charge in [-0.2, -0.15) is 5.10 Å². The molecule has 0 bridgehead atoms. The molecule has 1 saturated carbocycles. The number of anilines is 1. The van der Waals surface area contributed by atoms with Gasteiger partial charge < -0.3 is 10.2 Å². The summed E-state index contributed by atoms with van der Waals surface area (Å²) in [6.45, 7) is 1.23. The third-order valence-corrected chi connectivity index (χ3v) is 4.89. The largest absolute Gasteiger partial charge is 0.351 e. The fourth-order valence-corrected chi connectivity index (χ4v) is 3.32. The third-order valence-electron chi connectivity index (χ3n) is 4.89. The summed E-state index contributed by atoms with van der Waals surface area (Å²) in [5, 5.41) is 9.84.